The van der Waals surface area contributed by atoms with E-state index in [1.165, 1.54) is 12.0 Å². The average Bonchev–Trinajstić information content (AvgIpc) is 3.01. The molecule has 1 atom stereocenters. The van der Waals surface area contributed by atoms with Gasteiger partial charge in [0, 0.05) is 5.56 Å². The van der Waals surface area contributed by atoms with Gasteiger partial charge in [-0.2, -0.15) is 5.21 Å². The Morgan fingerprint density at radius 1 is 1.35 bits per heavy atom. The second-order valence-corrected chi connectivity index (χ2v) is 4.50. The molecule has 1 aromatic heterocycles. The van der Waals surface area contributed by atoms with E-state index in [9.17, 15) is 0 Å². The molecule has 0 amide bonds. The summed E-state index contributed by atoms with van der Waals surface area (Å²) in [6.45, 7) is 2.28. The topological polar surface area (TPSA) is 66.5 Å². The normalized spacial score (nSPS) is 19.6. The number of hydrogen-bond acceptors (Lipinski definition) is 4. The molecule has 0 aliphatic carbocycles. The largest absolute Gasteiger partial charge is 0.316 e. The van der Waals surface area contributed by atoms with E-state index < -0.39 is 0 Å². The smallest absolute Gasteiger partial charge is 0.204 e. The summed E-state index contributed by atoms with van der Waals surface area (Å²) in [4.78, 5) is 0. The van der Waals surface area contributed by atoms with Crippen molar-refractivity contribution in [2.45, 2.75) is 12.8 Å². The molecule has 0 bridgehead atoms. The number of H-pyrrole nitrogens is 1. The number of nitrogens with one attached hydrogen (secondary N) is 2. The number of aromatic amines is 1. The summed E-state index contributed by atoms with van der Waals surface area (Å²) in [5.41, 5.74) is 2.38. The monoisotopic (exact) mass is 229 g/mol. The molecule has 1 aromatic carbocycles. The lowest BCUT2D eigenvalue weighted by atomic mass is 9.97. The number of nitrogens with zero attached hydrogens (tertiary/aromatic N) is 3. The van der Waals surface area contributed by atoms with Gasteiger partial charge in [-0.15, -0.1) is 10.2 Å². The number of rotatable bonds is 3. The lowest BCUT2D eigenvalue weighted by Gasteiger charge is -2.08. The van der Waals surface area contributed by atoms with E-state index in [1.807, 2.05) is 6.07 Å². The predicted octanol–water partition coefficient (Wildman–Crippen LogP) is 1.02. The van der Waals surface area contributed by atoms with Gasteiger partial charge in [0.1, 0.15) is 0 Å². The van der Waals surface area contributed by atoms with E-state index in [4.69, 9.17) is 0 Å². The van der Waals surface area contributed by atoms with Crippen LogP contribution in [0.4, 0.5) is 0 Å². The highest BCUT2D eigenvalue weighted by Crippen LogP contribution is 2.19. The molecular formula is C12H15N5. The van der Waals surface area contributed by atoms with Crippen molar-refractivity contribution in [3.63, 3.8) is 0 Å². The summed E-state index contributed by atoms with van der Waals surface area (Å²) >= 11 is 0. The van der Waals surface area contributed by atoms with Crippen LogP contribution in [0, 0.1) is 5.92 Å². The van der Waals surface area contributed by atoms with Crippen molar-refractivity contribution in [2.24, 2.45) is 5.92 Å². The zero-order valence-corrected chi connectivity index (χ0v) is 9.56. The van der Waals surface area contributed by atoms with Crippen LogP contribution < -0.4 is 5.32 Å². The summed E-state index contributed by atoms with van der Waals surface area (Å²) < 4.78 is 0. The van der Waals surface area contributed by atoms with Gasteiger partial charge in [0.2, 0.25) is 5.82 Å². The van der Waals surface area contributed by atoms with Crippen LogP contribution in [-0.4, -0.2) is 33.7 Å². The third kappa shape index (κ3) is 2.34. The highest BCUT2D eigenvalue weighted by Gasteiger charge is 2.15. The summed E-state index contributed by atoms with van der Waals surface area (Å²) in [6, 6.07) is 8.40. The molecule has 88 valence electrons. The second-order valence-electron chi connectivity index (χ2n) is 4.50. The zero-order valence-electron chi connectivity index (χ0n) is 9.56. The highest BCUT2D eigenvalue weighted by molar-refractivity contribution is 5.54. The van der Waals surface area contributed by atoms with Crippen molar-refractivity contribution in [3.05, 3.63) is 29.8 Å². The Morgan fingerprint density at radius 3 is 3.12 bits per heavy atom. The molecule has 1 aliphatic heterocycles. The van der Waals surface area contributed by atoms with Gasteiger partial charge in [0.15, 0.2) is 0 Å². The van der Waals surface area contributed by atoms with Gasteiger partial charge in [0.25, 0.3) is 0 Å². The van der Waals surface area contributed by atoms with Crippen molar-refractivity contribution in [1.82, 2.24) is 25.9 Å². The van der Waals surface area contributed by atoms with Crippen LogP contribution in [0.15, 0.2) is 24.3 Å². The molecule has 5 nitrogen and oxygen atoms in total. The van der Waals surface area contributed by atoms with Crippen LogP contribution in [0.5, 0.6) is 0 Å². The van der Waals surface area contributed by atoms with E-state index in [1.54, 1.807) is 0 Å². The van der Waals surface area contributed by atoms with Gasteiger partial charge in [-0.1, -0.05) is 18.2 Å². The summed E-state index contributed by atoms with van der Waals surface area (Å²) in [6.07, 6.45) is 2.39. The van der Waals surface area contributed by atoms with Crippen molar-refractivity contribution < 1.29 is 0 Å². The average molecular weight is 229 g/mol. The predicted molar refractivity (Wildman–Crippen MR) is 64.3 cm³/mol. The fraction of sp³-hybridized carbons (Fsp3) is 0.417. The maximum Gasteiger partial charge on any atom is 0.204 e. The molecule has 1 aliphatic rings. The Kier molecular flexibility index (Phi) is 2.83. The van der Waals surface area contributed by atoms with Crippen molar-refractivity contribution >= 4 is 0 Å². The molecule has 0 saturated carbocycles. The number of hydrogen-bond donors (Lipinski definition) is 2. The SMILES string of the molecule is c1cc(CC2CCNC2)cc(-c2nn[nH]n2)c1. The van der Waals surface area contributed by atoms with E-state index in [0.717, 1.165) is 31.0 Å². The van der Waals surface area contributed by atoms with E-state index in [2.05, 4.69) is 44.1 Å². The standard InChI is InChI=1S/C12H15N5/c1-2-9(6-10-4-5-13-8-10)7-11(3-1)12-14-16-17-15-12/h1-3,7,10,13H,4-6,8H2,(H,14,15,16,17). The van der Waals surface area contributed by atoms with Crippen LogP contribution in [0.3, 0.4) is 0 Å². The Hall–Kier alpha value is -1.75. The van der Waals surface area contributed by atoms with Gasteiger partial charge < -0.3 is 5.32 Å². The second kappa shape index (κ2) is 4.63. The first-order chi connectivity index (χ1) is 8.42. The molecule has 1 unspecified atom stereocenters. The first-order valence-electron chi connectivity index (χ1n) is 5.95. The maximum atomic E-state index is 4.00. The minimum atomic E-state index is 0.663. The van der Waals surface area contributed by atoms with Crippen LogP contribution in [0.2, 0.25) is 0 Å². The molecule has 1 fully saturated rings. The number of aromatic nitrogens is 4. The molecule has 2 heterocycles. The summed E-state index contributed by atoms with van der Waals surface area (Å²) in [5.74, 6) is 1.42. The van der Waals surface area contributed by atoms with E-state index >= 15 is 0 Å². The molecule has 2 aromatic rings. The molecule has 5 heteroatoms. The fourth-order valence-corrected chi connectivity index (χ4v) is 2.34. The van der Waals surface area contributed by atoms with Gasteiger partial charge >= 0.3 is 0 Å². The lowest BCUT2D eigenvalue weighted by Crippen LogP contribution is -2.10. The molecule has 3 rings (SSSR count). The van der Waals surface area contributed by atoms with Crippen LogP contribution >= 0.6 is 0 Å². The van der Waals surface area contributed by atoms with Gasteiger partial charge in [0.05, 0.1) is 0 Å². The van der Waals surface area contributed by atoms with Crippen LogP contribution in [0.1, 0.15) is 12.0 Å². The van der Waals surface area contributed by atoms with E-state index in [-0.39, 0.29) is 0 Å². The fourth-order valence-electron chi connectivity index (χ4n) is 2.34. The maximum absolute atomic E-state index is 4.00. The minimum absolute atomic E-state index is 0.663. The third-order valence-electron chi connectivity index (χ3n) is 3.22. The Bertz CT molecular complexity index is 473. The third-order valence-corrected chi connectivity index (χ3v) is 3.22. The van der Waals surface area contributed by atoms with Crippen molar-refractivity contribution in [2.75, 3.05) is 13.1 Å². The van der Waals surface area contributed by atoms with Crippen molar-refractivity contribution in [3.8, 4) is 11.4 Å². The zero-order chi connectivity index (χ0) is 11.5. The Labute approximate surface area is 99.6 Å². The minimum Gasteiger partial charge on any atom is -0.316 e. The Balaban J connectivity index is 1.79. The van der Waals surface area contributed by atoms with Crippen LogP contribution in [-0.2, 0) is 6.42 Å². The van der Waals surface area contributed by atoms with Crippen molar-refractivity contribution in [1.29, 1.82) is 0 Å². The Morgan fingerprint density at radius 2 is 2.35 bits per heavy atom. The molecule has 17 heavy (non-hydrogen) atoms. The first-order valence-corrected chi connectivity index (χ1v) is 5.95. The molecule has 2 N–H and O–H groups in total. The van der Waals surface area contributed by atoms with Crippen LogP contribution in [0.25, 0.3) is 11.4 Å². The number of benzene rings is 1. The quantitative estimate of drug-likeness (QED) is 0.824. The summed E-state index contributed by atoms with van der Waals surface area (Å²) in [7, 11) is 0. The van der Waals surface area contributed by atoms with Gasteiger partial charge in [-0.3, -0.25) is 0 Å². The molecule has 0 radical (unpaired) electrons. The number of tetrazole rings is 1. The lowest BCUT2D eigenvalue weighted by molar-refractivity contribution is 0.580. The molecular weight excluding hydrogens is 214 g/mol. The van der Waals surface area contributed by atoms with Gasteiger partial charge in [-0.05, 0) is 48.7 Å². The highest BCUT2D eigenvalue weighted by atomic mass is 15.5. The first kappa shape index (κ1) is 10.4. The molecule has 1 saturated heterocycles. The van der Waals surface area contributed by atoms with Gasteiger partial charge in [-0.25, -0.2) is 0 Å². The van der Waals surface area contributed by atoms with E-state index in [0.29, 0.717) is 5.82 Å². The molecule has 0 spiro atoms. The summed E-state index contributed by atoms with van der Waals surface area (Å²) in [5, 5.41) is 17.5.